The fourth-order valence-corrected chi connectivity index (χ4v) is 0. The molecule has 9 heteroatoms. The molecule has 0 amide bonds. The van der Waals surface area contributed by atoms with Crippen molar-refractivity contribution in [3.8, 4) is 0 Å². The van der Waals surface area contributed by atoms with Gasteiger partial charge in [0.2, 0.25) is 0 Å². The Morgan fingerprint density at radius 2 is 0.556 bits per heavy atom. The van der Waals surface area contributed by atoms with Crippen LogP contribution in [0.1, 0.15) is 11.4 Å². The molecule has 3 nitrogen and oxygen atoms in total. The number of rotatable bonds is 0. The van der Waals surface area contributed by atoms with Crippen molar-refractivity contribution in [2.24, 2.45) is 0 Å². The summed E-state index contributed by atoms with van der Waals surface area (Å²) in [7, 11) is 0. The zero-order valence-electron chi connectivity index (χ0n) is 13.2. The van der Waals surface area contributed by atoms with Crippen LogP contribution in [0, 0.1) is 0 Å². The summed E-state index contributed by atoms with van der Waals surface area (Å²) < 4.78 is 0. The average Bonchev–Trinajstić information content (AvgIpc) is 0. The van der Waals surface area contributed by atoms with Gasteiger partial charge in [0, 0.05) is 0 Å². The maximum atomic E-state index is 0. The molecule has 0 unspecified atom stereocenters. The van der Waals surface area contributed by atoms with Crippen molar-refractivity contribution < 1.29 is 93.3 Å². The molecule has 0 N–H and O–H groups in total. The molecule has 0 radical (unpaired) electrons. The average molecular weight is 684 g/mol. The molecule has 9 heavy (non-hydrogen) atoms. The fraction of sp³-hybridized carbons (Fsp3) is 0. The van der Waals surface area contributed by atoms with E-state index in [1.807, 2.05) is 0 Å². The smallest absolute Gasteiger partial charge is 2.00 e. The summed E-state index contributed by atoms with van der Waals surface area (Å²) in [5, 5.41) is 0. The molecule has 0 fully saturated rings. The molecule has 0 aromatic heterocycles. The Bertz CT molecular complexity index is 34.7. The second-order valence-corrected chi connectivity index (χ2v) is 0. The van der Waals surface area contributed by atoms with Gasteiger partial charge in [-0.3, -0.25) is 0 Å². The zero-order chi connectivity index (χ0) is 0. The fourth-order valence-electron chi connectivity index (χ4n) is 0. The van der Waals surface area contributed by atoms with Crippen LogP contribution in [0.4, 0.5) is 0 Å². The van der Waals surface area contributed by atoms with Crippen molar-refractivity contribution in [1.29, 1.82) is 0 Å². The van der Waals surface area contributed by atoms with Gasteiger partial charge in [-0.15, -0.1) is 0 Å². The summed E-state index contributed by atoms with van der Waals surface area (Å²) in [5.41, 5.74) is 0. The Morgan fingerprint density at radius 3 is 0.556 bits per heavy atom. The number of hydrogen-bond acceptors (Lipinski definition) is 0. The van der Waals surface area contributed by atoms with Crippen molar-refractivity contribution in [2.75, 3.05) is 0 Å². The topological polar surface area (TPSA) is 85.5 Å². The molecule has 0 spiro atoms. The molecule has 0 rings (SSSR count). The van der Waals surface area contributed by atoms with Crippen LogP contribution in [0.15, 0.2) is 0 Å². The van der Waals surface area contributed by atoms with E-state index >= 15 is 0 Å². The molecular formula is H8Ba2O3Sr2Y2. The third-order valence-electron chi connectivity index (χ3n) is 0. The van der Waals surface area contributed by atoms with E-state index in [0.717, 1.165) is 0 Å². The minimum atomic E-state index is 0. The van der Waals surface area contributed by atoms with E-state index in [1.54, 1.807) is 0 Å². The predicted octanol–water partition coefficient (Wildman–Crippen LogP) is -0.985. The maximum Gasteiger partial charge on any atom is 3.00 e. The Kier molecular flexibility index (Phi) is 416. The van der Waals surface area contributed by atoms with Crippen LogP contribution in [0.25, 0.3) is 0 Å². The zero-order valence-corrected chi connectivity index (χ0v) is 26.7. The standard InChI is InChI=1S/2Ba.3O.2Sr.2Y.8H/q2*+2;3*-2;2*+2;2*+3;8*-1. The van der Waals surface area contributed by atoms with Crippen LogP contribution in [-0.4, -0.2) is 189 Å². The molecule has 0 aliphatic rings. The molecule has 0 aliphatic heterocycles. The minimum absolute atomic E-state index is 0. The van der Waals surface area contributed by atoms with Gasteiger partial charge in [0.15, 0.2) is 0 Å². The van der Waals surface area contributed by atoms with Gasteiger partial charge < -0.3 is 27.8 Å². The third-order valence-corrected chi connectivity index (χ3v) is 0. The molecular weight excluding hydrogens is 676 g/mol. The summed E-state index contributed by atoms with van der Waals surface area (Å²) in [6.45, 7) is 0. The van der Waals surface area contributed by atoms with Gasteiger partial charge in [0.25, 0.3) is 0 Å². The van der Waals surface area contributed by atoms with Crippen LogP contribution < -0.4 is 0 Å². The van der Waals surface area contributed by atoms with Gasteiger partial charge in [-0.25, -0.2) is 0 Å². The Balaban J connectivity index is 0. The van der Waals surface area contributed by atoms with Crippen LogP contribution in [0.5, 0.6) is 0 Å². The second kappa shape index (κ2) is 55.7. The van der Waals surface area contributed by atoms with Crippen LogP contribution in [0.2, 0.25) is 0 Å². The van der Waals surface area contributed by atoms with Crippen molar-refractivity contribution in [3.05, 3.63) is 0 Å². The first kappa shape index (κ1) is 67.2. The van der Waals surface area contributed by atoms with Gasteiger partial charge >= 0.3 is 254 Å². The molecule has 0 atom stereocenters. The van der Waals surface area contributed by atoms with E-state index < -0.39 is 0 Å². The molecule has 0 saturated carbocycles. The Morgan fingerprint density at radius 1 is 0.556 bits per heavy atom. The molecule has 0 heterocycles. The summed E-state index contributed by atoms with van der Waals surface area (Å²) in [6, 6.07) is 0. The molecule has 0 aromatic carbocycles. The molecule has 0 bridgehead atoms. The molecule has 0 aromatic rings. The second-order valence-electron chi connectivity index (χ2n) is 0. The predicted molar refractivity (Wildman–Crippen MR) is 34.0 cm³/mol. The molecule has 0 saturated heterocycles. The molecule has 40 valence electrons. The van der Waals surface area contributed by atoms with Gasteiger partial charge in [0.1, 0.15) is 0 Å². The largest absolute Gasteiger partial charge is 3.00 e. The summed E-state index contributed by atoms with van der Waals surface area (Å²) in [4.78, 5) is 0. The van der Waals surface area contributed by atoms with Gasteiger partial charge in [-0.2, -0.15) is 0 Å². The normalized spacial score (nSPS) is 0. The van der Waals surface area contributed by atoms with E-state index in [0.29, 0.717) is 0 Å². The van der Waals surface area contributed by atoms with Crippen LogP contribution >= 0.6 is 0 Å². The van der Waals surface area contributed by atoms with E-state index in [1.165, 1.54) is 0 Å². The first-order valence-electron chi connectivity index (χ1n) is 0. The maximum absolute atomic E-state index is 0. The Hall–Kier alpha value is 8.19. The van der Waals surface area contributed by atoms with Crippen LogP contribution in [0.3, 0.4) is 0 Å². The Labute approximate surface area is 272 Å². The summed E-state index contributed by atoms with van der Waals surface area (Å²) >= 11 is 0. The van der Waals surface area contributed by atoms with Crippen molar-refractivity contribution >= 4 is 189 Å². The van der Waals surface area contributed by atoms with Crippen molar-refractivity contribution in [3.63, 3.8) is 0 Å². The van der Waals surface area contributed by atoms with E-state index in [-0.39, 0.29) is 282 Å². The number of hydrogen-bond donors (Lipinski definition) is 0. The first-order chi connectivity index (χ1) is 0. The van der Waals surface area contributed by atoms with Crippen LogP contribution in [-0.2, 0) is 81.8 Å². The van der Waals surface area contributed by atoms with Gasteiger partial charge in [0.05, 0.1) is 0 Å². The van der Waals surface area contributed by atoms with Gasteiger partial charge in [-0.05, 0) is 0 Å². The van der Waals surface area contributed by atoms with E-state index in [2.05, 4.69) is 0 Å². The minimum Gasteiger partial charge on any atom is -2.00 e. The third kappa shape index (κ3) is 48.6. The van der Waals surface area contributed by atoms with Crippen molar-refractivity contribution in [2.45, 2.75) is 0 Å². The van der Waals surface area contributed by atoms with E-state index in [9.17, 15) is 0 Å². The quantitative estimate of drug-likeness (QED) is 0.294. The van der Waals surface area contributed by atoms with Crippen molar-refractivity contribution in [1.82, 2.24) is 0 Å². The first-order valence-corrected chi connectivity index (χ1v) is 0. The summed E-state index contributed by atoms with van der Waals surface area (Å²) in [6.07, 6.45) is 0. The monoisotopic (exact) mass is 685 g/mol. The molecule has 0 aliphatic carbocycles. The summed E-state index contributed by atoms with van der Waals surface area (Å²) in [5.74, 6) is 0. The SMILES string of the molecule is [Ba+2].[Ba+2].[H-].[H-].[H-].[H-].[H-].[H-].[H-].[H-].[O-2].[O-2].[O-2].[Sr+2].[Sr+2].[Y+3].[Y+3]. The van der Waals surface area contributed by atoms with E-state index in [4.69, 9.17) is 0 Å². The van der Waals surface area contributed by atoms with Gasteiger partial charge in [-0.1, -0.05) is 0 Å².